The molecule has 0 radical (unpaired) electrons. The van der Waals surface area contributed by atoms with E-state index in [9.17, 15) is 4.79 Å². The molecule has 0 bridgehead atoms. The van der Waals surface area contributed by atoms with Gasteiger partial charge in [-0.1, -0.05) is 29.3 Å². The van der Waals surface area contributed by atoms with Crippen LogP contribution in [0.5, 0.6) is 0 Å². The molecule has 2 aromatic rings. The highest BCUT2D eigenvalue weighted by molar-refractivity contribution is 6.42. The molecule has 1 N–H and O–H groups in total. The van der Waals surface area contributed by atoms with E-state index in [1.807, 2.05) is 31.1 Å². The van der Waals surface area contributed by atoms with E-state index >= 15 is 0 Å². The molecule has 0 atom stereocenters. The Morgan fingerprint density at radius 1 is 1.00 bits per heavy atom. The topological polar surface area (TPSA) is 44.7 Å². The van der Waals surface area contributed by atoms with Crippen molar-refractivity contribution < 1.29 is 4.79 Å². The first kappa shape index (κ1) is 17.3. The highest BCUT2D eigenvalue weighted by Gasteiger charge is 2.06. The van der Waals surface area contributed by atoms with Gasteiger partial charge in [-0.2, -0.15) is 5.10 Å². The van der Waals surface area contributed by atoms with Gasteiger partial charge >= 0.3 is 0 Å². The summed E-state index contributed by atoms with van der Waals surface area (Å²) < 4.78 is 0. The van der Waals surface area contributed by atoms with Crippen LogP contribution < -0.4 is 10.3 Å². The Hall–Kier alpha value is -2.04. The number of benzene rings is 2. The number of nitrogens with zero attached hydrogens (tertiary/aromatic N) is 2. The number of carbonyl (C=O) groups excluding carboxylic acids is 1. The predicted octanol–water partition coefficient (Wildman–Crippen LogP) is 4.21. The lowest BCUT2D eigenvalue weighted by Gasteiger charge is -2.12. The zero-order chi connectivity index (χ0) is 17.0. The van der Waals surface area contributed by atoms with Crippen LogP contribution in [0.1, 0.15) is 22.8 Å². The van der Waals surface area contributed by atoms with Gasteiger partial charge in [-0.05, 0) is 48.9 Å². The summed E-state index contributed by atoms with van der Waals surface area (Å²) >= 11 is 11.9. The fraction of sp³-hybridized carbons (Fsp3) is 0.176. The van der Waals surface area contributed by atoms with Gasteiger partial charge in [0.2, 0.25) is 0 Å². The molecule has 0 aromatic heterocycles. The Labute approximate surface area is 145 Å². The molecule has 23 heavy (non-hydrogen) atoms. The lowest BCUT2D eigenvalue weighted by Crippen LogP contribution is -2.19. The van der Waals surface area contributed by atoms with Crippen molar-refractivity contribution in [3.8, 4) is 0 Å². The highest BCUT2D eigenvalue weighted by Crippen LogP contribution is 2.22. The molecule has 0 aliphatic carbocycles. The molecular weight excluding hydrogens is 333 g/mol. The van der Waals surface area contributed by atoms with Crippen LogP contribution in [0.2, 0.25) is 10.0 Å². The first-order chi connectivity index (χ1) is 10.9. The molecule has 0 aliphatic heterocycles. The smallest absolute Gasteiger partial charge is 0.271 e. The summed E-state index contributed by atoms with van der Waals surface area (Å²) in [5.41, 5.74) is 5.54. The van der Waals surface area contributed by atoms with Crippen LogP contribution in [0.15, 0.2) is 47.6 Å². The van der Waals surface area contributed by atoms with E-state index in [0.29, 0.717) is 21.3 Å². The summed E-state index contributed by atoms with van der Waals surface area (Å²) in [5.74, 6) is -0.269. The molecule has 120 valence electrons. The van der Waals surface area contributed by atoms with E-state index in [2.05, 4.69) is 10.5 Å². The van der Waals surface area contributed by atoms with Crippen molar-refractivity contribution in [2.24, 2.45) is 5.10 Å². The number of hydrazone groups is 1. The zero-order valence-corrected chi connectivity index (χ0v) is 14.6. The van der Waals surface area contributed by atoms with E-state index < -0.39 is 0 Å². The van der Waals surface area contributed by atoms with Gasteiger partial charge in [-0.25, -0.2) is 5.43 Å². The van der Waals surface area contributed by atoms with E-state index in [0.717, 1.165) is 11.3 Å². The van der Waals surface area contributed by atoms with Crippen molar-refractivity contribution in [2.45, 2.75) is 6.92 Å². The Bertz CT molecular complexity index is 740. The third-order valence-corrected chi connectivity index (χ3v) is 4.05. The minimum absolute atomic E-state index is 0.269. The number of carbonyl (C=O) groups is 1. The standard InChI is InChI=1S/C17H17Cl2N3O/c1-11(13-6-9-15(18)16(19)10-13)20-21-17(23)12-4-7-14(8-5-12)22(2)3/h4-10H,1-3H3,(H,21,23)/b20-11+. The van der Waals surface area contributed by atoms with Crippen molar-refractivity contribution in [3.63, 3.8) is 0 Å². The van der Waals surface area contributed by atoms with Crippen LogP contribution in [0, 0.1) is 0 Å². The number of amides is 1. The van der Waals surface area contributed by atoms with Gasteiger partial charge in [0.05, 0.1) is 15.8 Å². The molecule has 0 saturated heterocycles. The lowest BCUT2D eigenvalue weighted by molar-refractivity contribution is 0.0955. The number of hydrogen-bond donors (Lipinski definition) is 1. The molecular formula is C17H17Cl2N3O. The largest absolute Gasteiger partial charge is 0.378 e. The first-order valence-corrected chi connectivity index (χ1v) is 7.71. The second-order valence-electron chi connectivity index (χ2n) is 5.21. The quantitative estimate of drug-likeness (QED) is 0.663. The second-order valence-corrected chi connectivity index (χ2v) is 6.02. The Balaban J connectivity index is 2.08. The highest BCUT2D eigenvalue weighted by atomic mass is 35.5. The van der Waals surface area contributed by atoms with Crippen molar-refractivity contribution in [3.05, 3.63) is 63.6 Å². The minimum Gasteiger partial charge on any atom is -0.378 e. The van der Waals surface area contributed by atoms with E-state index in [1.165, 1.54) is 0 Å². The number of nitrogens with one attached hydrogen (secondary N) is 1. The summed E-state index contributed by atoms with van der Waals surface area (Å²) in [7, 11) is 3.89. The van der Waals surface area contributed by atoms with Crippen LogP contribution in [-0.2, 0) is 0 Å². The number of halogens is 2. The maximum absolute atomic E-state index is 12.1. The van der Waals surface area contributed by atoms with Gasteiger partial charge in [0.1, 0.15) is 0 Å². The van der Waals surface area contributed by atoms with Crippen LogP contribution in [0.4, 0.5) is 5.69 Å². The molecule has 0 heterocycles. The van der Waals surface area contributed by atoms with Gasteiger partial charge in [0, 0.05) is 25.3 Å². The summed E-state index contributed by atoms with van der Waals surface area (Å²) in [6.45, 7) is 1.79. The van der Waals surface area contributed by atoms with E-state index in [1.54, 1.807) is 37.3 Å². The Morgan fingerprint density at radius 2 is 1.61 bits per heavy atom. The van der Waals surface area contributed by atoms with E-state index in [4.69, 9.17) is 23.2 Å². The van der Waals surface area contributed by atoms with Crippen molar-refractivity contribution in [1.29, 1.82) is 0 Å². The number of anilines is 1. The van der Waals surface area contributed by atoms with Crippen molar-refractivity contribution >= 4 is 40.5 Å². The average Bonchev–Trinajstić information content (AvgIpc) is 2.54. The molecule has 6 heteroatoms. The SMILES string of the molecule is C/C(=N\NC(=O)c1ccc(N(C)C)cc1)c1ccc(Cl)c(Cl)c1. The van der Waals surface area contributed by atoms with Crippen molar-refractivity contribution in [1.82, 2.24) is 5.43 Å². The Kier molecular flexibility index (Phi) is 5.64. The van der Waals surface area contributed by atoms with Gasteiger partial charge in [0.15, 0.2) is 0 Å². The maximum atomic E-state index is 12.1. The third-order valence-electron chi connectivity index (χ3n) is 3.31. The minimum atomic E-state index is -0.269. The van der Waals surface area contributed by atoms with Gasteiger partial charge in [0.25, 0.3) is 5.91 Å². The summed E-state index contributed by atoms with van der Waals surface area (Å²) in [6, 6.07) is 12.5. The van der Waals surface area contributed by atoms with Crippen LogP contribution in [0.25, 0.3) is 0 Å². The van der Waals surface area contributed by atoms with Crippen LogP contribution >= 0.6 is 23.2 Å². The van der Waals surface area contributed by atoms with Gasteiger partial charge < -0.3 is 4.90 Å². The molecule has 0 saturated carbocycles. The van der Waals surface area contributed by atoms with Crippen LogP contribution in [0.3, 0.4) is 0 Å². The van der Waals surface area contributed by atoms with Crippen LogP contribution in [-0.4, -0.2) is 25.7 Å². The normalized spacial score (nSPS) is 11.3. The molecule has 1 amide bonds. The molecule has 0 unspecified atom stereocenters. The molecule has 4 nitrogen and oxygen atoms in total. The van der Waals surface area contributed by atoms with Gasteiger partial charge in [-0.15, -0.1) is 0 Å². The van der Waals surface area contributed by atoms with E-state index in [-0.39, 0.29) is 5.91 Å². The first-order valence-electron chi connectivity index (χ1n) is 6.96. The zero-order valence-electron chi connectivity index (χ0n) is 13.1. The number of rotatable bonds is 4. The molecule has 0 aliphatic rings. The van der Waals surface area contributed by atoms with Gasteiger partial charge in [-0.3, -0.25) is 4.79 Å². The fourth-order valence-corrected chi connectivity index (χ4v) is 2.19. The average molecular weight is 350 g/mol. The summed E-state index contributed by atoms with van der Waals surface area (Å²) in [6.07, 6.45) is 0. The fourth-order valence-electron chi connectivity index (χ4n) is 1.90. The molecule has 2 rings (SSSR count). The lowest BCUT2D eigenvalue weighted by atomic mass is 10.1. The maximum Gasteiger partial charge on any atom is 0.271 e. The predicted molar refractivity (Wildman–Crippen MR) is 96.9 cm³/mol. The summed E-state index contributed by atoms with van der Waals surface area (Å²) in [5, 5.41) is 5.03. The number of hydrogen-bond acceptors (Lipinski definition) is 3. The molecule has 2 aromatic carbocycles. The third kappa shape index (κ3) is 4.47. The Morgan fingerprint density at radius 3 is 2.17 bits per heavy atom. The molecule has 0 spiro atoms. The monoisotopic (exact) mass is 349 g/mol. The summed E-state index contributed by atoms with van der Waals surface area (Å²) in [4.78, 5) is 14.1. The second kappa shape index (κ2) is 7.49. The van der Waals surface area contributed by atoms with Crippen molar-refractivity contribution in [2.75, 3.05) is 19.0 Å². The molecule has 0 fully saturated rings.